The molecule has 13 nitrogen and oxygen atoms in total. The van der Waals surface area contributed by atoms with E-state index < -0.39 is 37.1 Å². The number of aromatic nitrogens is 4. The van der Waals surface area contributed by atoms with Gasteiger partial charge in [0.05, 0.1) is 6.61 Å². The number of aliphatic hydroxyl groups is 3. The number of fused-ring (bicyclic) bond motifs is 1. The van der Waals surface area contributed by atoms with Crippen LogP contribution in [0.3, 0.4) is 0 Å². The lowest BCUT2D eigenvalue weighted by Crippen LogP contribution is -2.33. The number of imidazole rings is 1. The number of carbonyl (C=O) groups excluding carboxylic acids is 1. The van der Waals surface area contributed by atoms with E-state index in [-0.39, 0.29) is 36.1 Å². The second kappa shape index (κ2) is 10.6. The van der Waals surface area contributed by atoms with Crippen molar-refractivity contribution in [3.8, 4) is 16.9 Å². The number of nitrogens with one attached hydrogen (secondary N) is 1. The lowest BCUT2D eigenvalue weighted by Gasteiger charge is -2.20. The highest BCUT2D eigenvalue weighted by atomic mass is 16.6. The third-order valence-electron chi connectivity index (χ3n) is 6.23. The van der Waals surface area contributed by atoms with Crippen molar-refractivity contribution in [2.24, 2.45) is 5.73 Å². The fourth-order valence-electron chi connectivity index (χ4n) is 4.37. The number of nitrogens with zero attached hydrogens (tertiary/aromatic N) is 4. The van der Waals surface area contributed by atoms with E-state index in [1.54, 1.807) is 6.07 Å². The van der Waals surface area contributed by atoms with Gasteiger partial charge in [0.15, 0.2) is 29.8 Å². The lowest BCUT2D eigenvalue weighted by molar-refractivity contribution is -0.119. The summed E-state index contributed by atoms with van der Waals surface area (Å²) in [4.78, 5) is 24.1. The molecule has 5 rings (SSSR count). The molecule has 4 atom stereocenters. The van der Waals surface area contributed by atoms with E-state index in [2.05, 4.69) is 20.3 Å². The zero-order valence-corrected chi connectivity index (χ0v) is 20.1. The van der Waals surface area contributed by atoms with E-state index >= 15 is 0 Å². The number of amides is 1. The van der Waals surface area contributed by atoms with Crippen LogP contribution in [0.15, 0.2) is 54.9 Å². The Balaban J connectivity index is 1.47. The summed E-state index contributed by atoms with van der Waals surface area (Å²) in [7, 11) is 0. The maximum atomic E-state index is 11.4. The Hall–Kier alpha value is -4.30. The first-order valence-electron chi connectivity index (χ1n) is 11.8. The van der Waals surface area contributed by atoms with Gasteiger partial charge in [0.25, 0.3) is 5.91 Å². The number of nitrogen functional groups attached to an aromatic ring is 1. The van der Waals surface area contributed by atoms with Gasteiger partial charge in [0.1, 0.15) is 30.4 Å². The van der Waals surface area contributed by atoms with Crippen molar-refractivity contribution in [2.75, 3.05) is 24.3 Å². The zero-order chi connectivity index (χ0) is 26.8. The van der Waals surface area contributed by atoms with Gasteiger partial charge < -0.3 is 41.6 Å². The van der Waals surface area contributed by atoms with E-state index in [9.17, 15) is 20.1 Å². The van der Waals surface area contributed by atoms with E-state index in [0.717, 1.165) is 16.7 Å². The number of carbonyl (C=O) groups is 1. The molecule has 0 saturated carbocycles. The van der Waals surface area contributed by atoms with Gasteiger partial charge in [-0.25, -0.2) is 15.0 Å². The molecule has 1 amide bonds. The molecule has 1 aliphatic rings. The van der Waals surface area contributed by atoms with Gasteiger partial charge in [-0.2, -0.15) is 0 Å². The van der Waals surface area contributed by atoms with E-state index in [4.69, 9.17) is 20.9 Å². The molecular formula is C25H27N7O6. The Morgan fingerprint density at radius 3 is 2.63 bits per heavy atom. The molecule has 0 spiro atoms. The highest BCUT2D eigenvalue weighted by Crippen LogP contribution is 2.36. The minimum absolute atomic E-state index is 0.123. The molecule has 38 heavy (non-hydrogen) atoms. The number of hydrogen-bond acceptors (Lipinski definition) is 11. The third kappa shape index (κ3) is 4.82. The van der Waals surface area contributed by atoms with Crippen LogP contribution in [0.25, 0.3) is 22.3 Å². The fourth-order valence-corrected chi connectivity index (χ4v) is 4.37. The Bertz CT molecular complexity index is 1450. The van der Waals surface area contributed by atoms with Gasteiger partial charge in [-0.1, -0.05) is 42.5 Å². The molecule has 13 heteroatoms. The minimum atomic E-state index is -1.36. The summed E-state index contributed by atoms with van der Waals surface area (Å²) in [6.45, 7) is -0.522. The number of benzene rings is 2. The Morgan fingerprint density at radius 1 is 1.13 bits per heavy atom. The Morgan fingerprint density at radius 2 is 1.92 bits per heavy atom. The Kier molecular flexibility index (Phi) is 7.07. The monoisotopic (exact) mass is 521 g/mol. The van der Waals surface area contributed by atoms with Crippen molar-refractivity contribution < 1.29 is 29.6 Å². The van der Waals surface area contributed by atoms with Crippen LogP contribution in [-0.4, -0.2) is 72.3 Å². The molecule has 198 valence electrons. The second-order valence-corrected chi connectivity index (χ2v) is 8.77. The maximum absolute atomic E-state index is 11.4. The standard InChI is InChI=1S/C25H27N7O6/c26-18(34)11-37-16-8-13(6-7-15(16)14-4-2-1-3-5-14)9-28-25-31-19-22(27)29-12-30-23(19)32(25)24-21(36)20(35)17(10-33)38-24/h1-8,12,17,20-21,24,33,35-36H,9-11H2,(H2,26,34)(H,28,31)(H2,27,29,30)/t17-,20-,21-,24-/m1/s1. The van der Waals surface area contributed by atoms with Crippen LogP contribution in [0.4, 0.5) is 11.8 Å². The molecule has 0 bridgehead atoms. The summed E-state index contributed by atoms with van der Waals surface area (Å²) in [5.74, 6) is 0.242. The molecule has 3 heterocycles. The third-order valence-corrected chi connectivity index (χ3v) is 6.23. The molecule has 1 fully saturated rings. The number of primary amides is 1. The number of ether oxygens (including phenoxy) is 2. The van der Waals surface area contributed by atoms with Gasteiger partial charge in [-0.3, -0.25) is 9.36 Å². The van der Waals surface area contributed by atoms with E-state index in [1.165, 1.54) is 10.9 Å². The van der Waals surface area contributed by atoms with Crippen molar-refractivity contribution in [1.82, 2.24) is 19.5 Å². The number of rotatable bonds is 9. The van der Waals surface area contributed by atoms with Crippen molar-refractivity contribution in [2.45, 2.75) is 31.1 Å². The molecule has 0 aliphatic carbocycles. The summed E-state index contributed by atoms with van der Waals surface area (Å²) in [5.41, 5.74) is 14.3. The van der Waals surface area contributed by atoms with Crippen LogP contribution < -0.4 is 21.5 Å². The number of nitrogens with two attached hydrogens (primary N) is 2. The maximum Gasteiger partial charge on any atom is 0.255 e. The number of hydrogen-bond donors (Lipinski definition) is 6. The lowest BCUT2D eigenvalue weighted by atomic mass is 10.0. The zero-order valence-electron chi connectivity index (χ0n) is 20.1. The molecule has 0 radical (unpaired) electrons. The topological polar surface area (TPSA) is 204 Å². The molecule has 1 saturated heterocycles. The van der Waals surface area contributed by atoms with Gasteiger partial charge in [0, 0.05) is 12.1 Å². The minimum Gasteiger partial charge on any atom is -0.483 e. The predicted molar refractivity (Wildman–Crippen MR) is 137 cm³/mol. The average molecular weight is 522 g/mol. The van der Waals surface area contributed by atoms with Crippen LogP contribution in [0.1, 0.15) is 11.8 Å². The molecule has 0 unspecified atom stereocenters. The van der Waals surface area contributed by atoms with Crippen LogP contribution in [0.2, 0.25) is 0 Å². The summed E-state index contributed by atoms with van der Waals surface area (Å²) < 4.78 is 12.9. The summed E-state index contributed by atoms with van der Waals surface area (Å²) in [5, 5.41) is 33.7. The van der Waals surface area contributed by atoms with Crippen LogP contribution in [0, 0.1) is 0 Å². The summed E-state index contributed by atoms with van der Waals surface area (Å²) >= 11 is 0. The number of aliphatic hydroxyl groups excluding tert-OH is 3. The van der Waals surface area contributed by atoms with Gasteiger partial charge in [-0.15, -0.1) is 0 Å². The molecule has 2 aromatic heterocycles. The molecule has 4 aromatic rings. The van der Waals surface area contributed by atoms with E-state index in [0.29, 0.717) is 5.75 Å². The summed E-state index contributed by atoms with van der Waals surface area (Å²) in [6, 6.07) is 15.1. The first-order valence-corrected chi connectivity index (χ1v) is 11.8. The van der Waals surface area contributed by atoms with Crippen LogP contribution >= 0.6 is 0 Å². The SMILES string of the molecule is NC(=O)COc1cc(CNc2nc3c(N)ncnc3n2[C@@H]2O[C@H](CO)[C@@H](O)[C@H]2O)ccc1-c1ccccc1. The second-order valence-electron chi connectivity index (χ2n) is 8.77. The van der Waals surface area contributed by atoms with Crippen molar-refractivity contribution in [1.29, 1.82) is 0 Å². The van der Waals surface area contributed by atoms with Crippen molar-refractivity contribution >= 4 is 28.8 Å². The number of anilines is 2. The van der Waals surface area contributed by atoms with Crippen LogP contribution in [0.5, 0.6) is 5.75 Å². The molecule has 2 aromatic carbocycles. The van der Waals surface area contributed by atoms with Crippen molar-refractivity contribution in [3.05, 3.63) is 60.4 Å². The quantitative estimate of drug-likeness (QED) is 0.175. The van der Waals surface area contributed by atoms with Gasteiger partial charge >= 0.3 is 0 Å². The van der Waals surface area contributed by atoms with E-state index in [1.807, 2.05) is 42.5 Å². The first kappa shape index (κ1) is 25.4. The smallest absolute Gasteiger partial charge is 0.255 e. The predicted octanol–water partition coefficient (Wildman–Crippen LogP) is 0.163. The van der Waals surface area contributed by atoms with Gasteiger partial charge in [-0.05, 0) is 17.2 Å². The van der Waals surface area contributed by atoms with Gasteiger partial charge in [0.2, 0.25) is 5.95 Å². The first-order chi connectivity index (χ1) is 18.4. The fraction of sp³-hybridized carbons (Fsp3) is 0.280. The van der Waals surface area contributed by atoms with Crippen LogP contribution in [-0.2, 0) is 16.1 Å². The molecular weight excluding hydrogens is 494 g/mol. The Labute approximate surface area is 216 Å². The summed E-state index contributed by atoms with van der Waals surface area (Å²) in [6.07, 6.45) is -3.51. The van der Waals surface area contributed by atoms with Crippen molar-refractivity contribution in [3.63, 3.8) is 0 Å². The highest BCUT2D eigenvalue weighted by Gasteiger charge is 2.45. The molecule has 1 aliphatic heterocycles. The largest absolute Gasteiger partial charge is 0.483 e. The normalized spacial score (nSPS) is 21.0. The average Bonchev–Trinajstić information content (AvgIpc) is 3.43. The highest BCUT2D eigenvalue weighted by molar-refractivity contribution is 5.84. The molecule has 8 N–H and O–H groups in total.